The van der Waals surface area contributed by atoms with E-state index < -0.39 is 0 Å². The molecular weight excluding hydrogens is 372 g/mol. The number of thiazole rings is 1. The molecule has 0 bridgehead atoms. The average Bonchev–Trinajstić information content (AvgIpc) is 3.15. The van der Waals surface area contributed by atoms with Crippen LogP contribution in [0.3, 0.4) is 0 Å². The number of thiophene rings is 1. The van der Waals surface area contributed by atoms with E-state index in [0.717, 1.165) is 25.1 Å². The van der Waals surface area contributed by atoms with E-state index in [9.17, 15) is 0 Å². The Bertz CT molecular complexity index is 943. The molecule has 0 aliphatic rings. The summed E-state index contributed by atoms with van der Waals surface area (Å²) in [6.07, 6.45) is 0. The molecule has 3 heterocycles. The van der Waals surface area contributed by atoms with Crippen molar-refractivity contribution in [2.75, 3.05) is 5.73 Å². The molecule has 3 aromatic heterocycles. The van der Waals surface area contributed by atoms with Gasteiger partial charge in [-0.25, -0.2) is 4.98 Å². The number of aromatic nitrogens is 3. The summed E-state index contributed by atoms with van der Waals surface area (Å²) in [5.41, 5.74) is 7.45. The van der Waals surface area contributed by atoms with E-state index in [-0.39, 0.29) is 0 Å². The van der Waals surface area contributed by atoms with Crippen molar-refractivity contribution in [2.24, 2.45) is 0 Å². The number of anilines is 1. The number of halogens is 1. The maximum Gasteiger partial charge on any atom is 0.258 e. The van der Waals surface area contributed by atoms with E-state index >= 15 is 0 Å². The molecule has 0 saturated heterocycles. The van der Waals surface area contributed by atoms with Crippen LogP contribution in [0, 0.1) is 0 Å². The summed E-state index contributed by atoms with van der Waals surface area (Å²) in [5.74, 6) is 1.08. The van der Waals surface area contributed by atoms with E-state index in [1.165, 1.54) is 11.3 Å². The lowest BCUT2D eigenvalue weighted by atomic mass is 10.2. The van der Waals surface area contributed by atoms with Crippen molar-refractivity contribution in [2.45, 2.75) is 0 Å². The van der Waals surface area contributed by atoms with Gasteiger partial charge in [0.1, 0.15) is 0 Å². The molecule has 0 radical (unpaired) electrons. The summed E-state index contributed by atoms with van der Waals surface area (Å²) in [7, 11) is 0. The minimum absolute atomic E-state index is 0.489. The SMILES string of the molecule is Nc1nc2ccc(-c3nc(-c4cc(Br)cs4)no3)cc2s1. The van der Waals surface area contributed by atoms with Crippen molar-refractivity contribution in [1.82, 2.24) is 15.1 Å². The summed E-state index contributed by atoms with van der Waals surface area (Å²) in [6, 6.07) is 7.74. The first-order chi connectivity index (χ1) is 10.2. The van der Waals surface area contributed by atoms with Crippen LogP contribution in [0.4, 0.5) is 5.13 Å². The number of nitrogen functional groups attached to an aromatic ring is 1. The van der Waals surface area contributed by atoms with Gasteiger partial charge >= 0.3 is 0 Å². The van der Waals surface area contributed by atoms with Crippen LogP contribution in [0.25, 0.3) is 32.4 Å². The molecule has 4 aromatic rings. The molecule has 0 fully saturated rings. The quantitative estimate of drug-likeness (QED) is 0.558. The van der Waals surface area contributed by atoms with Crippen molar-refractivity contribution in [3.63, 3.8) is 0 Å². The second-order valence-electron chi connectivity index (χ2n) is 4.29. The molecular formula is C13H7BrN4OS2. The van der Waals surface area contributed by atoms with Crippen LogP contribution in [-0.2, 0) is 0 Å². The van der Waals surface area contributed by atoms with Crippen LogP contribution >= 0.6 is 38.6 Å². The molecule has 4 rings (SSSR count). The summed E-state index contributed by atoms with van der Waals surface area (Å²) in [4.78, 5) is 9.63. The smallest absolute Gasteiger partial charge is 0.258 e. The first kappa shape index (κ1) is 12.9. The van der Waals surface area contributed by atoms with E-state index in [1.807, 2.05) is 29.6 Å². The van der Waals surface area contributed by atoms with Crippen LogP contribution in [0.1, 0.15) is 0 Å². The fourth-order valence-corrected chi connectivity index (χ4v) is 4.07. The molecule has 21 heavy (non-hydrogen) atoms. The molecule has 0 amide bonds. The lowest BCUT2D eigenvalue weighted by molar-refractivity contribution is 0.432. The number of hydrogen-bond donors (Lipinski definition) is 1. The molecule has 1 aromatic carbocycles. The predicted octanol–water partition coefficient (Wildman–Crippen LogP) is 4.42. The Kier molecular flexibility index (Phi) is 3.02. The Morgan fingerprint density at radius 2 is 2.10 bits per heavy atom. The maximum atomic E-state index is 5.71. The zero-order valence-corrected chi connectivity index (χ0v) is 13.6. The normalized spacial score (nSPS) is 11.3. The standard InChI is InChI=1S/C13H7BrN4OS2/c14-7-4-10(20-5-7)11-17-12(19-18-11)6-1-2-8-9(3-6)21-13(15)16-8/h1-5H,(H2,15,16). The van der Waals surface area contributed by atoms with Gasteiger partial charge in [0.05, 0.1) is 15.1 Å². The van der Waals surface area contributed by atoms with Crippen molar-refractivity contribution < 1.29 is 4.52 Å². The zero-order valence-electron chi connectivity index (χ0n) is 10.4. The monoisotopic (exact) mass is 378 g/mol. The molecule has 0 aliphatic heterocycles. The molecule has 104 valence electrons. The number of benzene rings is 1. The van der Waals surface area contributed by atoms with Crippen LogP contribution in [0.5, 0.6) is 0 Å². The maximum absolute atomic E-state index is 5.71. The topological polar surface area (TPSA) is 77.8 Å². The summed E-state index contributed by atoms with van der Waals surface area (Å²) in [6.45, 7) is 0. The number of fused-ring (bicyclic) bond motifs is 1. The lowest BCUT2D eigenvalue weighted by Crippen LogP contribution is -1.80. The molecule has 0 spiro atoms. The summed E-state index contributed by atoms with van der Waals surface area (Å²) >= 11 is 6.42. The molecule has 5 nitrogen and oxygen atoms in total. The first-order valence-corrected chi connectivity index (χ1v) is 8.42. The van der Waals surface area contributed by atoms with Gasteiger partial charge in [0.25, 0.3) is 5.89 Å². The Hall–Kier alpha value is -1.77. The van der Waals surface area contributed by atoms with Gasteiger partial charge in [-0.05, 0) is 40.2 Å². The van der Waals surface area contributed by atoms with Crippen LogP contribution < -0.4 is 5.73 Å². The highest BCUT2D eigenvalue weighted by molar-refractivity contribution is 9.10. The molecule has 0 aliphatic carbocycles. The highest BCUT2D eigenvalue weighted by Gasteiger charge is 2.13. The first-order valence-electron chi connectivity index (χ1n) is 5.93. The molecule has 0 unspecified atom stereocenters. The molecule has 2 N–H and O–H groups in total. The van der Waals surface area contributed by atoms with Gasteiger partial charge in [0, 0.05) is 15.4 Å². The van der Waals surface area contributed by atoms with Gasteiger partial charge in [-0.3, -0.25) is 0 Å². The fraction of sp³-hybridized carbons (Fsp3) is 0. The summed E-state index contributed by atoms with van der Waals surface area (Å²) < 4.78 is 7.37. The van der Waals surface area contributed by atoms with Crippen molar-refractivity contribution in [3.8, 4) is 22.2 Å². The van der Waals surface area contributed by atoms with Crippen molar-refractivity contribution in [1.29, 1.82) is 0 Å². The van der Waals surface area contributed by atoms with Crippen LogP contribution in [-0.4, -0.2) is 15.1 Å². The Morgan fingerprint density at radius 1 is 1.19 bits per heavy atom. The summed E-state index contributed by atoms with van der Waals surface area (Å²) in [5, 5.41) is 6.56. The van der Waals surface area contributed by atoms with Crippen molar-refractivity contribution >= 4 is 54.0 Å². The Balaban J connectivity index is 1.76. The second-order valence-corrected chi connectivity index (χ2v) is 7.18. The van der Waals surface area contributed by atoms with Gasteiger partial charge in [-0.15, -0.1) is 11.3 Å². The van der Waals surface area contributed by atoms with E-state index in [0.29, 0.717) is 16.8 Å². The second kappa shape index (κ2) is 4.90. The van der Waals surface area contributed by atoms with Gasteiger partial charge in [0.15, 0.2) is 5.13 Å². The van der Waals surface area contributed by atoms with E-state index in [4.69, 9.17) is 10.3 Å². The Labute approximate surface area is 135 Å². The molecule has 8 heteroatoms. The third-order valence-electron chi connectivity index (χ3n) is 2.87. The van der Waals surface area contributed by atoms with E-state index in [2.05, 4.69) is 31.1 Å². The van der Waals surface area contributed by atoms with Gasteiger partial charge in [-0.1, -0.05) is 16.5 Å². The van der Waals surface area contributed by atoms with E-state index in [1.54, 1.807) is 11.3 Å². The average molecular weight is 379 g/mol. The number of hydrogen-bond acceptors (Lipinski definition) is 7. The minimum atomic E-state index is 0.489. The van der Waals surface area contributed by atoms with Gasteiger partial charge in [-0.2, -0.15) is 4.98 Å². The number of nitrogens with two attached hydrogens (primary N) is 1. The lowest BCUT2D eigenvalue weighted by Gasteiger charge is -1.93. The van der Waals surface area contributed by atoms with Gasteiger partial charge in [0.2, 0.25) is 5.82 Å². The zero-order chi connectivity index (χ0) is 14.4. The largest absolute Gasteiger partial charge is 0.375 e. The molecule has 0 saturated carbocycles. The minimum Gasteiger partial charge on any atom is -0.375 e. The predicted molar refractivity (Wildman–Crippen MR) is 88.3 cm³/mol. The number of nitrogens with zero attached hydrogens (tertiary/aromatic N) is 3. The highest BCUT2D eigenvalue weighted by Crippen LogP contribution is 2.31. The number of rotatable bonds is 2. The fourth-order valence-electron chi connectivity index (χ4n) is 1.95. The highest BCUT2D eigenvalue weighted by atomic mass is 79.9. The van der Waals surface area contributed by atoms with Crippen molar-refractivity contribution in [3.05, 3.63) is 34.1 Å². The Morgan fingerprint density at radius 3 is 2.90 bits per heavy atom. The van der Waals surface area contributed by atoms with Crippen LogP contribution in [0.15, 0.2) is 38.6 Å². The third-order valence-corrected chi connectivity index (χ3v) is 5.40. The molecule has 0 atom stereocenters. The van der Waals surface area contributed by atoms with Gasteiger partial charge < -0.3 is 10.3 Å². The van der Waals surface area contributed by atoms with Crippen LogP contribution in [0.2, 0.25) is 0 Å². The third kappa shape index (κ3) is 2.35.